The van der Waals surface area contributed by atoms with E-state index in [9.17, 15) is 4.79 Å². The van der Waals surface area contributed by atoms with E-state index in [2.05, 4.69) is 41.7 Å². The second kappa shape index (κ2) is 7.18. The van der Waals surface area contributed by atoms with Crippen LogP contribution >= 0.6 is 0 Å². The summed E-state index contributed by atoms with van der Waals surface area (Å²) in [6.45, 7) is 8.19. The molecular weight excluding hydrogens is 300 g/mol. The number of nitrogens with one attached hydrogen (secondary N) is 2. The molecule has 1 amide bonds. The van der Waals surface area contributed by atoms with Crippen LogP contribution in [0.4, 0.5) is 0 Å². The molecule has 2 atom stereocenters. The first-order chi connectivity index (χ1) is 11.6. The number of benzene rings is 1. The molecule has 128 valence electrons. The van der Waals surface area contributed by atoms with Crippen LogP contribution in [-0.4, -0.2) is 28.8 Å². The highest BCUT2D eigenvalue weighted by molar-refractivity contribution is 5.92. The number of nitrogens with zero attached hydrogens (tertiary/aromatic N) is 2. The number of carbonyl (C=O) groups excluding carboxylic acids is 1. The fourth-order valence-electron chi connectivity index (χ4n) is 3.31. The normalized spacial score (nSPS) is 19.0. The van der Waals surface area contributed by atoms with Gasteiger partial charge in [-0.25, -0.2) is 0 Å². The third kappa shape index (κ3) is 3.51. The maximum atomic E-state index is 12.5. The van der Waals surface area contributed by atoms with E-state index in [1.807, 2.05) is 23.9 Å². The summed E-state index contributed by atoms with van der Waals surface area (Å²) in [6, 6.07) is 8.30. The summed E-state index contributed by atoms with van der Waals surface area (Å²) in [5.41, 5.74) is 4.10. The smallest absolute Gasteiger partial charge is 0.272 e. The van der Waals surface area contributed by atoms with Crippen LogP contribution in [0.1, 0.15) is 59.0 Å². The minimum Gasteiger partial charge on any atom is -0.344 e. The van der Waals surface area contributed by atoms with Crippen molar-refractivity contribution in [2.75, 3.05) is 13.1 Å². The fraction of sp³-hybridized carbons (Fsp3) is 0.474. The van der Waals surface area contributed by atoms with Crippen LogP contribution in [0.3, 0.4) is 0 Å². The van der Waals surface area contributed by atoms with Crippen molar-refractivity contribution < 1.29 is 4.79 Å². The van der Waals surface area contributed by atoms with E-state index >= 15 is 0 Å². The molecule has 1 aromatic carbocycles. The lowest BCUT2D eigenvalue weighted by molar-refractivity contribution is 0.0933. The molecule has 0 radical (unpaired) electrons. The van der Waals surface area contributed by atoms with Gasteiger partial charge in [0.05, 0.1) is 12.1 Å². The zero-order chi connectivity index (χ0) is 17.1. The van der Waals surface area contributed by atoms with E-state index in [0.29, 0.717) is 11.7 Å². The van der Waals surface area contributed by atoms with Crippen LogP contribution in [0.5, 0.6) is 0 Å². The average Bonchev–Trinajstić information content (AvgIpc) is 3.08. The molecule has 3 rings (SSSR count). The Balaban J connectivity index is 1.68. The molecule has 2 heterocycles. The molecule has 5 heteroatoms. The molecule has 0 saturated carbocycles. The lowest BCUT2D eigenvalue weighted by atomic mass is 9.98. The Kier molecular flexibility index (Phi) is 5.00. The molecule has 1 saturated heterocycles. The van der Waals surface area contributed by atoms with Gasteiger partial charge in [0.1, 0.15) is 5.69 Å². The number of carbonyl (C=O) groups is 1. The van der Waals surface area contributed by atoms with Gasteiger partial charge in [-0.05, 0) is 62.9 Å². The van der Waals surface area contributed by atoms with Gasteiger partial charge in [0.15, 0.2) is 0 Å². The van der Waals surface area contributed by atoms with Crippen molar-refractivity contribution in [1.29, 1.82) is 0 Å². The molecule has 24 heavy (non-hydrogen) atoms. The molecule has 5 nitrogen and oxygen atoms in total. The van der Waals surface area contributed by atoms with Gasteiger partial charge in [0, 0.05) is 12.7 Å². The van der Waals surface area contributed by atoms with Crippen molar-refractivity contribution in [3.8, 4) is 0 Å². The first-order valence-electron chi connectivity index (χ1n) is 8.69. The number of hydrogen-bond donors (Lipinski definition) is 2. The van der Waals surface area contributed by atoms with Gasteiger partial charge < -0.3 is 10.6 Å². The molecule has 1 aliphatic heterocycles. The van der Waals surface area contributed by atoms with Crippen LogP contribution in [-0.2, 0) is 0 Å². The van der Waals surface area contributed by atoms with E-state index in [0.717, 1.165) is 31.5 Å². The summed E-state index contributed by atoms with van der Waals surface area (Å²) in [4.78, 5) is 12.5. The molecule has 0 aliphatic carbocycles. The lowest BCUT2D eigenvalue weighted by Gasteiger charge is -2.23. The highest BCUT2D eigenvalue weighted by Gasteiger charge is 2.19. The largest absolute Gasteiger partial charge is 0.344 e. The Morgan fingerprint density at radius 1 is 1.38 bits per heavy atom. The SMILES string of the molecule is Cc1cccc(C(C)NC(=O)c2ccn(C3CCCNC3)n2)c1C. The molecule has 2 N–H and O–H groups in total. The first kappa shape index (κ1) is 16.7. The van der Waals surface area contributed by atoms with Gasteiger partial charge >= 0.3 is 0 Å². The number of rotatable bonds is 4. The van der Waals surface area contributed by atoms with Crippen molar-refractivity contribution in [2.24, 2.45) is 0 Å². The monoisotopic (exact) mass is 326 g/mol. The molecule has 2 unspecified atom stereocenters. The Hall–Kier alpha value is -2.14. The van der Waals surface area contributed by atoms with Crippen molar-refractivity contribution in [1.82, 2.24) is 20.4 Å². The number of aryl methyl sites for hydroxylation is 1. The van der Waals surface area contributed by atoms with Crippen molar-refractivity contribution in [3.05, 3.63) is 52.8 Å². The highest BCUT2D eigenvalue weighted by atomic mass is 16.2. The van der Waals surface area contributed by atoms with Crippen LogP contribution in [0.2, 0.25) is 0 Å². The molecule has 1 aliphatic rings. The van der Waals surface area contributed by atoms with E-state index in [1.165, 1.54) is 11.1 Å². The predicted molar refractivity (Wildman–Crippen MR) is 95.2 cm³/mol. The number of aromatic nitrogens is 2. The topological polar surface area (TPSA) is 59.0 Å². The van der Waals surface area contributed by atoms with Crippen molar-refractivity contribution >= 4 is 5.91 Å². The average molecular weight is 326 g/mol. The fourth-order valence-corrected chi connectivity index (χ4v) is 3.31. The molecule has 0 spiro atoms. The molecule has 0 bridgehead atoms. The van der Waals surface area contributed by atoms with Gasteiger partial charge in [-0.15, -0.1) is 0 Å². The van der Waals surface area contributed by atoms with E-state index in [1.54, 1.807) is 6.07 Å². The molecule has 1 fully saturated rings. The van der Waals surface area contributed by atoms with Crippen molar-refractivity contribution in [3.63, 3.8) is 0 Å². The number of hydrogen-bond acceptors (Lipinski definition) is 3. The maximum Gasteiger partial charge on any atom is 0.272 e. The van der Waals surface area contributed by atoms with Gasteiger partial charge in [-0.3, -0.25) is 9.48 Å². The molecular formula is C19H26N4O. The maximum absolute atomic E-state index is 12.5. The Labute approximate surface area is 143 Å². The summed E-state index contributed by atoms with van der Waals surface area (Å²) in [6.07, 6.45) is 4.17. The van der Waals surface area contributed by atoms with Gasteiger partial charge in [-0.1, -0.05) is 18.2 Å². The summed E-state index contributed by atoms with van der Waals surface area (Å²) >= 11 is 0. The molecule has 2 aromatic rings. The van der Waals surface area contributed by atoms with Gasteiger partial charge in [0.25, 0.3) is 5.91 Å². The Morgan fingerprint density at radius 3 is 2.96 bits per heavy atom. The minimum atomic E-state index is -0.120. The standard InChI is InChI=1S/C19H26N4O/c1-13-6-4-8-17(14(13)2)15(3)21-19(24)18-9-11-23(22-18)16-7-5-10-20-12-16/h4,6,8-9,11,15-16,20H,5,7,10,12H2,1-3H3,(H,21,24). The zero-order valence-electron chi connectivity index (χ0n) is 14.7. The minimum absolute atomic E-state index is 0.0427. The summed E-state index contributed by atoms with van der Waals surface area (Å²) < 4.78 is 1.92. The first-order valence-corrected chi connectivity index (χ1v) is 8.69. The number of amides is 1. The number of piperidine rings is 1. The van der Waals surface area contributed by atoms with Crippen molar-refractivity contribution in [2.45, 2.75) is 45.7 Å². The second-order valence-corrected chi connectivity index (χ2v) is 6.67. The van der Waals surface area contributed by atoms with Crippen LogP contribution in [0, 0.1) is 13.8 Å². The highest BCUT2D eigenvalue weighted by Crippen LogP contribution is 2.21. The quantitative estimate of drug-likeness (QED) is 0.908. The van der Waals surface area contributed by atoms with E-state index in [4.69, 9.17) is 0 Å². The predicted octanol–water partition coefficient (Wildman–Crippen LogP) is 2.92. The Morgan fingerprint density at radius 2 is 2.21 bits per heavy atom. The van der Waals surface area contributed by atoms with Crippen LogP contribution in [0.25, 0.3) is 0 Å². The summed E-state index contributed by atoms with van der Waals surface area (Å²) in [5, 5.41) is 10.9. The second-order valence-electron chi connectivity index (χ2n) is 6.67. The molecule has 1 aromatic heterocycles. The van der Waals surface area contributed by atoms with Gasteiger partial charge in [-0.2, -0.15) is 5.10 Å². The Bertz CT molecular complexity index is 716. The zero-order valence-corrected chi connectivity index (χ0v) is 14.7. The van der Waals surface area contributed by atoms with Crippen LogP contribution in [0.15, 0.2) is 30.5 Å². The van der Waals surface area contributed by atoms with E-state index in [-0.39, 0.29) is 11.9 Å². The van der Waals surface area contributed by atoms with Gasteiger partial charge in [0.2, 0.25) is 0 Å². The third-order valence-electron chi connectivity index (χ3n) is 4.95. The lowest BCUT2D eigenvalue weighted by Crippen LogP contribution is -2.32. The summed E-state index contributed by atoms with van der Waals surface area (Å²) in [5.74, 6) is -0.120. The third-order valence-corrected chi connectivity index (χ3v) is 4.95. The van der Waals surface area contributed by atoms with E-state index < -0.39 is 0 Å². The van der Waals surface area contributed by atoms with Crippen LogP contribution < -0.4 is 10.6 Å². The summed E-state index contributed by atoms with van der Waals surface area (Å²) in [7, 11) is 0.